The first-order valence-corrected chi connectivity index (χ1v) is 50.0. The Morgan fingerprint density at radius 3 is 0.795 bits per heavy atom. The fraction of sp³-hybridized carbons (Fsp3) is 0.198. The van der Waals surface area contributed by atoms with E-state index in [0.29, 0.717) is 23.3 Å². The van der Waals surface area contributed by atoms with Crippen LogP contribution in [0.3, 0.4) is 0 Å². The lowest BCUT2D eigenvalue weighted by atomic mass is 9.78. The van der Waals surface area contributed by atoms with E-state index in [1.165, 1.54) is 72.3 Å². The van der Waals surface area contributed by atoms with Crippen molar-refractivity contribution in [1.82, 2.24) is 74.8 Å². The van der Waals surface area contributed by atoms with Gasteiger partial charge in [0, 0.05) is 114 Å². The summed E-state index contributed by atoms with van der Waals surface area (Å²) in [4.78, 5) is 69.6. The Balaban J connectivity index is 0.000000122. The van der Waals surface area contributed by atoms with Gasteiger partial charge in [0.15, 0.2) is 34.9 Å². The molecule has 2 aliphatic carbocycles. The quantitative estimate of drug-likeness (QED) is 0.106. The molecule has 146 heavy (non-hydrogen) atoms. The number of rotatable bonds is 13. The van der Waals surface area contributed by atoms with Gasteiger partial charge < -0.3 is 0 Å². The van der Waals surface area contributed by atoms with Crippen molar-refractivity contribution in [3.8, 4) is 170 Å². The minimum atomic E-state index is -0.185. The lowest BCUT2D eigenvalue weighted by molar-refractivity contribution is 0.543. The first-order chi connectivity index (χ1) is 70.0. The van der Waals surface area contributed by atoms with E-state index >= 15 is 0 Å². The second kappa shape index (κ2) is 41.7. The Kier molecular flexibility index (Phi) is 28.4. The third-order valence-electron chi connectivity index (χ3n) is 26.6. The first-order valence-electron chi connectivity index (χ1n) is 50.0. The Morgan fingerprint density at radius 2 is 0.452 bits per heavy atom. The standard InChI is InChI=1S/2C35H32N2.C27H25N.2C17H17N5/c1-34(2,3)26-17-19-28-27-18-16-25(20-29(27)35(4,5)30(28)21-26)32-22-31(23-12-8-6-9-13-23)36-33(37-32)24-14-10-7-11-15-24;1-34(2,3)26-17-19-28-27-18-16-25(20-29(27)35(4,5)30(28)21-26)33-36-31(23-12-8-6-9-13-23)22-32(37-33)24-14-10-7-11-15-24;1-27(2,3)24-16-14-20(15-17-24)23-18-25(21-10-6-4-7-11-21)28-26(19-23)22-12-8-5-9-13-22;1-17(2,3)16-21-14(12-6-4-8-18-10-12)20-15(22-16)13-7-5-9-19-11-13;1-17(2,3)16-21-14(12-8-4-6-10-18-12)20-15(22-16)13-9-5-7-11-19-13/h2*6-22H,1-5H3;4-19H,1-3H3;2*4-11H,1-3H3. The van der Waals surface area contributed by atoms with Crippen LogP contribution in [0.2, 0.25) is 0 Å². The average Bonchev–Trinajstić information content (AvgIpc) is 1.57. The molecule has 20 aromatic rings. The summed E-state index contributed by atoms with van der Waals surface area (Å²) >= 11 is 0. The molecule has 9 aromatic heterocycles. The Morgan fingerprint density at radius 1 is 0.171 bits per heavy atom. The molecule has 0 fully saturated rings. The third kappa shape index (κ3) is 22.7. The maximum atomic E-state index is 5.06. The van der Waals surface area contributed by atoms with E-state index in [0.717, 1.165) is 124 Å². The molecule has 0 N–H and O–H groups in total. The Bertz CT molecular complexity index is 7290. The van der Waals surface area contributed by atoms with Crippen molar-refractivity contribution >= 4 is 0 Å². The van der Waals surface area contributed by atoms with E-state index in [4.69, 9.17) is 24.9 Å². The van der Waals surface area contributed by atoms with Gasteiger partial charge in [-0.3, -0.25) is 19.9 Å². The number of hydrogen-bond acceptors (Lipinski definition) is 15. The van der Waals surface area contributed by atoms with Crippen molar-refractivity contribution in [2.24, 2.45) is 0 Å². The van der Waals surface area contributed by atoms with Crippen LogP contribution >= 0.6 is 0 Å². The summed E-state index contributed by atoms with van der Waals surface area (Å²) < 4.78 is 0. The zero-order chi connectivity index (χ0) is 102. The van der Waals surface area contributed by atoms with E-state index in [2.05, 4.69) is 436 Å². The normalized spacial score (nSPS) is 12.6. The number of pyridine rings is 5. The zero-order valence-corrected chi connectivity index (χ0v) is 86.8. The maximum Gasteiger partial charge on any atom is 0.182 e. The monoisotopic (exact) mass is 1910 g/mol. The van der Waals surface area contributed by atoms with Crippen LogP contribution in [0.1, 0.15) is 182 Å². The first kappa shape index (κ1) is 99.5. The molecule has 0 saturated heterocycles. The van der Waals surface area contributed by atoms with Crippen LogP contribution in [0.4, 0.5) is 0 Å². The van der Waals surface area contributed by atoms with E-state index in [1.54, 1.807) is 37.2 Å². The minimum Gasteiger partial charge on any atom is -0.264 e. The molecule has 0 saturated carbocycles. The molecule has 22 rings (SSSR count). The molecule has 11 aromatic carbocycles. The number of benzene rings is 11. The van der Waals surface area contributed by atoms with Crippen LogP contribution < -0.4 is 0 Å². The van der Waals surface area contributed by atoms with Gasteiger partial charge in [-0.15, -0.1) is 0 Å². The fourth-order valence-electron chi connectivity index (χ4n) is 18.1. The highest BCUT2D eigenvalue weighted by Gasteiger charge is 2.39. The largest absolute Gasteiger partial charge is 0.264 e. The zero-order valence-electron chi connectivity index (χ0n) is 86.8. The van der Waals surface area contributed by atoms with Gasteiger partial charge in [0.1, 0.15) is 23.0 Å². The number of hydrogen-bond donors (Lipinski definition) is 0. The van der Waals surface area contributed by atoms with Gasteiger partial charge in [0.2, 0.25) is 0 Å². The Hall–Kier alpha value is -16.7. The van der Waals surface area contributed by atoms with Gasteiger partial charge in [-0.05, 0) is 173 Å². The van der Waals surface area contributed by atoms with Gasteiger partial charge in [0.05, 0.1) is 34.2 Å². The summed E-state index contributed by atoms with van der Waals surface area (Å²) in [5.74, 6) is 5.38. The van der Waals surface area contributed by atoms with Gasteiger partial charge in [-0.2, -0.15) is 0 Å². The van der Waals surface area contributed by atoms with Crippen LogP contribution in [0, 0.1) is 0 Å². The highest BCUT2D eigenvalue weighted by molar-refractivity contribution is 5.87. The van der Waals surface area contributed by atoms with Crippen molar-refractivity contribution in [3.63, 3.8) is 0 Å². The molecule has 0 aliphatic heterocycles. The van der Waals surface area contributed by atoms with Gasteiger partial charge in [0.25, 0.3) is 0 Å². The van der Waals surface area contributed by atoms with E-state index < -0.39 is 0 Å². The van der Waals surface area contributed by atoms with Gasteiger partial charge in [-0.1, -0.05) is 411 Å². The molecular weight excluding hydrogens is 1780 g/mol. The molecule has 15 heteroatoms. The van der Waals surface area contributed by atoms with Gasteiger partial charge in [-0.25, -0.2) is 54.8 Å². The fourth-order valence-corrected chi connectivity index (χ4v) is 18.1. The molecule has 722 valence electrons. The van der Waals surface area contributed by atoms with Gasteiger partial charge >= 0.3 is 0 Å². The summed E-state index contributed by atoms with van der Waals surface area (Å²) in [6, 6.07) is 126. The molecule has 0 radical (unpaired) electrons. The second-order valence-electron chi connectivity index (χ2n) is 43.4. The SMILES string of the molecule is CC(C)(C)c1ccc(-c2cc(-c3ccccc3)nc(-c3ccccc3)c2)cc1.CC(C)(C)c1ccc2c(c1)C(C)(C)c1cc(-c3cc(-c4ccccc4)nc(-c4ccccc4)n3)ccc1-2.CC(C)(C)c1ccc2c(c1)C(C)(C)c1cc(-c3nc(-c4ccccc4)cc(-c4ccccc4)n3)ccc1-2.CC(C)(C)c1nc(-c2ccccn2)nc(-c2ccccn2)n1.CC(C)(C)c1nc(-c2cccnc2)nc(-c2cccnc2)n1. The number of fused-ring (bicyclic) bond motifs is 6. The lowest BCUT2D eigenvalue weighted by Gasteiger charge is -2.25. The van der Waals surface area contributed by atoms with Crippen LogP contribution in [0.25, 0.3) is 170 Å². The van der Waals surface area contributed by atoms with Crippen molar-refractivity contribution < 1.29 is 0 Å². The van der Waals surface area contributed by atoms with E-state index in [-0.39, 0.29) is 37.9 Å². The smallest absolute Gasteiger partial charge is 0.182 e. The van der Waals surface area contributed by atoms with Crippen molar-refractivity contribution in [1.29, 1.82) is 0 Å². The molecule has 0 bridgehead atoms. The third-order valence-corrected chi connectivity index (χ3v) is 26.6. The molecule has 9 heterocycles. The predicted octanol–water partition coefficient (Wildman–Crippen LogP) is 32.1. The summed E-state index contributed by atoms with van der Waals surface area (Å²) in [7, 11) is 0. The van der Waals surface area contributed by atoms with E-state index in [9.17, 15) is 0 Å². The average molecular weight is 1910 g/mol. The summed E-state index contributed by atoms with van der Waals surface area (Å²) in [6.45, 7) is 42.3. The Labute approximate surface area is 859 Å². The van der Waals surface area contributed by atoms with Crippen LogP contribution in [-0.4, -0.2) is 74.8 Å². The highest BCUT2D eigenvalue weighted by Crippen LogP contribution is 2.53. The minimum absolute atomic E-state index is 0.0838. The van der Waals surface area contributed by atoms with Crippen LogP contribution in [0.5, 0.6) is 0 Å². The summed E-state index contributed by atoms with van der Waals surface area (Å²) in [5, 5.41) is 0. The van der Waals surface area contributed by atoms with Crippen molar-refractivity contribution in [2.75, 3.05) is 0 Å². The molecule has 15 nitrogen and oxygen atoms in total. The van der Waals surface area contributed by atoms with E-state index in [1.807, 2.05) is 109 Å². The summed E-state index contributed by atoms with van der Waals surface area (Å²) in [5.41, 5.74) is 34.8. The van der Waals surface area contributed by atoms with Crippen LogP contribution in [-0.2, 0) is 37.9 Å². The van der Waals surface area contributed by atoms with Crippen molar-refractivity contribution in [2.45, 2.75) is 169 Å². The topological polar surface area (TPSA) is 193 Å². The second-order valence-corrected chi connectivity index (χ2v) is 43.4. The molecule has 0 amide bonds. The molecule has 0 atom stereocenters. The van der Waals surface area contributed by atoms with Crippen LogP contribution in [0.15, 0.2) is 401 Å². The number of nitrogens with zero attached hydrogens (tertiary/aromatic N) is 15. The molecule has 2 aliphatic rings. The molecule has 0 unspecified atom stereocenters. The molecular formula is C131H123N15. The summed E-state index contributed by atoms with van der Waals surface area (Å²) in [6.07, 6.45) is 10.4. The predicted molar refractivity (Wildman–Crippen MR) is 598 cm³/mol. The maximum absolute atomic E-state index is 5.06. The number of aromatic nitrogens is 15. The molecule has 0 spiro atoms. The lowest BCUT2D eigenvalue weighted by Crippen LogP contribution is -2.18. The highest BCUT2D eigenvalue weighted by atomic mass is 15.1. The van der Waals surface area contributed by atoms with Crippen molar-refractivity contribution in [3.05, 3.63) is 452 Å².